The van der Waals surface area contributed by atoms with Gasteiger partial charge < -0.3 is 9.73 Å². The van der Waals surface area contributed by atoms with Gasteiger partial charge in [-0.25, -0.2) is 0 Å². The number of nitrogens with one attached hydrogen (secondary N) is 1. The van der Waals surface area contributed by atoms with Gasteiger partial charge in [-0.05, 0) is 29.3 Å². The SMILES string of the molecule is Cc1nnc(-c2ccccc2-c2cccc(C(=O)Nc3cn(C)nn3)c2)o1. The molecule has 8 heteroatoms. The summed E-state index contributed by atoms with van der Waals surface area (Å²) in [4.78, 5) is 12.5. The van der Waals surface area contributed by atoms with Crippen LogP contribution in [0.2, 0.25) is 0 Å². The van der Waals surface area contributed by atoms with Gasteiger partial charge in [-0.2, -0.15) is 0 Å². The minimum Gasteiger partial charge on any atom is -0.421 e. The smallest absolute Gasteiger partial charge is 0.256 e. The molecule has 1 amide bonds. The van der Waals surface area contributed by atoms with Crippen molar-refractivity contribution in [2.24, 2.45) is 7.05 Å². The van der Waals surface area contributed by atoms with E-state index in [9.17, 15) is 4.79 Å². The number of rotatable bonds is 4. The zero-order valence-electron chi connectivity index (χ0n) is 14.7. The van der Waals surface area contributed by atoms with Crippen molar-refractivity contribution in [3.05, 3.63) is 66.2 Å². The standard InChI is InChI=1S/C19H16N6O2/c1-12-21-23-19(27-12)16-9-4-3-8-15(16)13-6-5-7-14(10-13)18(26)20-17-11-25(2)24-22-17/h3-11H,1-2H3,(H,20,26). The maximum Gasteiger partial charge on any atom is 0.256 e. The molecule has 0 radical (unpaired) electrons. The predicted octanol–water partition coefficient (Wildman–Crippen LogP) is 3.09. The number of anilines is 1. The fourth-order valence-corrected chi connectivity index (χ4v) is 2.75. The first-order valence-corrected chi connectivity index (χ1v) is 8.28. The molecule has 1 N–H and O–H groups in total. The second-order valence-electron chi connectivity index (χ2n) is 5.98. The van der Waals surface area contributed by atoms with Gasteiger partial charge in [-0.1, -0.05) is 35.5 Å². The van der Waals surface area contributed by atoms with Crippen LogP contribution in [0.25, 0.3) is 22.6 Å². The lowest BCUT2D eigenvalue weighted by Gasteiger charge is -2.08. The number of aryl methyl sites for hydroxylation is 2. The molecular weight excluding hydrogens is 344 g/mol. The van der Waals surface area contributed by atoms with Crippen molar-refractivity contribution in [1.82, 2.24) is 25.2 Å². The van der Waals surface area contributed by atoms with Crippen LogP contribution < -0.4 is 5.32 Å². The van der Waals surface area contributed by atoms with Crippen LogP contribution in [0.3, 0.4) is 0 Å². The van der Waals surface area contributed by atoms with Crippen LogP contribution in [-0.2, 0) is 7.05 Å². The van der Waals surface area contributed by atoms with Crippen LogP contribution in [0.1, 0.15) is 16.2 Å². The summed E-state index contributed by atoms with van der Waals surface area (Å²) in [7, 11) is 1.74. The van der Waals surface area contributed by atoms with E-state index in [1.165, 1.54) is 4.68 Å². The van der Waals surface area contributed by atoms with Gasteiger partial charge in [0.2, 0.25) is 11.8 Å². The van der Waals surface area contributed by atoms with Crippen LogP contribution >= 0.6 is 0 Å². The molecule has 4 rings (SSSR count). The second-order valence-corrected chi connectivity index (χ2v) is 5.98. The lowest BCUT2D eigenvalue weighted by molar-refractivity contribution is 0.102. The highest BCUT2D eigenvalue weighted by atomic mass is 16.4. The molecule has 2 aromatic heterocycles. The largest absolute Gasteiger partial charge is 0.421 e. The van der Waals surface area contributed by atoms with Crippen molar-refractivity contribution in [1.29, 1.82) is 0 Å². The quantitative estimate of drug-likeness (QED) is 0.600. The zero-order valence-corrected chi connectivity index (χ0v) is 14.7. The Morgan fingerprint density at radius 3 is 2.56 bits per heavy atom. The highest BCUT2D eigenvalue weighted by molar-refractivity contribution is 6.04. The van der Waals surface area contributed by atoms with E-state index in [2.05, 4.69) is 25.8 Å². The van der Waals surface area contributed by atoms with Gasteiger partial charge in [0.15, 0.2) is 5.82 Å². The number of aromatic nitrogens is 5. The van der Waals surface area contributed by atoms with Crippen molar-refractivity contribution < 1.29 is 9.21 Å². The summed E-state index contributed by atoms with van der Waals surface area (Å²) < 4.78 is 7.09. The highest BCUT2D eigenvalue weighted by Crippen LogP contribution is 2.31. The molecule has 4 aromatic rings. The van der Waals surface area contributed by atoms with E-state index >= 15 is 0 Å². The molecule has 0 fully saturated rings. The van der Waals surface area contributed by atoms with Gasteiger partial charge in [0.1, 0.15) is 0 Å². The van der Waals surface area contributed by atoms with Crippen LogP contribution in [0.5, 0.6) is 0 Å². The van der Waals surface area contributed by atoms with Gasteiger partial charge >= 0.3 is 0 Å². The third-order valence-corrected chi connectivity index (χ3v) is 3.96. The van der Waals surface area contributed by atoms with Gasteiger partial charge in [-0.3, -0.25) is 9.48 Å². The Balaban J connectivity index is 1.68. The number of hydrogen-bond donors (Lipinski definition) is 1. The zero-order chi connectivity index (χ0) is 18.8. The number of nitrogens with zero attached hydrogens (tertiary/aromatic N) is 5. The molecule has 0 aliphatic heterocycles. The fourth-order valence-electron chi connectivity index (χ4n) is 2.75. The van der Waals surface area contributed by atoms with Crippen LogP contribution in [0.4, 0.5) is 5.82 Å². The average molecular weight is 360 g/mol. The summed E-state index contributed by atoms with van der Waals surface area (Å²) in [6, 6.07) is 15.0. The maximum atomic E-state index is 12.5. The Labute approximate surface area is 154 Å². The summed E-state index contributed by atoms with van der Waals surface area (Å²) in [5.74, 6) is 1.08. The maximum absolute atomic E-state index is 12.5. The summed E-state index contributed by atoms with van der Waals surface area (Å²) in [5, 5.41) is 18.4. The van der Waals surface area contributed by atoms with Crippen molar-refractivity contribution in [2.45, 2.75) is 6.92 Å². The Morgan fingerprint density at radius 2 is 1.85 bits per heavy atom. The third-order valence-electron chi connectivity index (χ3n) is 3.96. The molecule has 0 spiro atoms. The number of carbonyl (C=O) groups is 1. The third kappa shape index (κ3) is 3.45. The van der Waals surface area contributed by atoms with Crippen LogP contribution in [-0.4, -0.2) is 31.1 Å². The molecule has 2 heterocycles. The van der Waals surface area contributed by atoms with Gasteiger partial charge in [0, 0.05) is 25.1 Å². The fraction of sp³-hybridized carbons (Fsp3) is 0.105. The van der Waals surface area contributed by atoms with Crippen LogP contribution in [0, 0.1) is 6.92 Å². The molecule has 0 saturated carbocycles. The molecule has 8 nitrogen and oxygen atoms in total. The molecule has 0 saturated heterocycles. The number of carbonyl (C=O) groups excluding carboxylic acids is 1. The molecule has 2 aromatic carbocycles. The molecule has 134 valence electrons. The lowest BCUT2D eigenvalue weighted by Crippen LogP contribution is -2.12. The number of benzene rings is 2. The first-order chi connectivity index (χ1) is 13.1. The van der Waals surface area contributed by atoms with E-state index in [-0.39, 0.29) is 5.91 Å². The van der Waals surface area contributed by atoms with E-state index in [0.717, 1.165) is 16.7 Å². The predicted molar refractivity (Wildman–Crippen MR) is 98.9 cm³/mol. The topological polar surface area (TPSA) is 98.7 Å². The van der Waals surface area contributed by atoms with Crippen molar-refractivity contribution in [2.75, 3.05) is 5.32 Å². The van der Waals surface area contributed by atoms with Crippen molar-refractivity contribution >= 4 is 11.7 Å². The minimum absolute atomic E-state index is 0.261. The first-order valence-electron chi connectivity index (χ1n) is 8.28. The normalized spacial score (nSPS) is 10.7. The molecule has 0 aliphatic rings. The molecule has 0 bridgehead atoms. The number of hydrogen-bond acceptors (Lipinski definition) is 6. The minimum atomic E-state index is -0.261. The molecule has 0 aliphatic carbocycles. The second kappa shape index (κ2) is 6.83. The molecular formula is C19H16N6O2. The number of amides is 1. The Hall–Kier alpha value is -3.81. The molecule has 0 atom stereocenters. The van der Waals surface area contributed by atoms with Gasteiger partial charge in [0.25, 0.3) is 5.91 Å². The van der Waals surface area contributed by atoms with Crippen molar-refractivity contribution in [3.8, 4) is 22.6 Å². The van der Waals surface area contributed by atoms with E-state index in [1.54, 1.807) is 26.2 Å². The van der Waals surface area contributed by atoms with Crippen molar-refractivity contribution in [3.63, 3.8) is 0 Å². The van der Waals surface area contributed by atoms with E-state index in [0.29, 0.717) is 23.2 Å². The highest BCUT2D eigenvalue weighted by Gasteiger charge is 2.14. The summed E-state index contributed by atoms with van der Waals surface area (Å²) in [6.45, 7) is 1.75. The summed E-state index contributed by atoms with van der Waals surface area (Å²) >= 11 is 0. The van der Waals surface area contributed by atoms with E-state index in [4.69, 9.17) is 4.42 Å². The average Bonchev–Trinajstić information content (AvgIpc) is 3.30. The van der Waals surface area contributed by atoms with Crippen LogP contribution in [0.15, 0.2) is 59.1 Å². The van der Waals surface area contributed by atoms with E-state index in [1.807, 2.05) is 42.5 Å². The van der Waals surface area contributed by atoms with Gasteiger partial charge in [0.05, 0.1) is 6.20 Å². The summed E-state index contributed by atoms with van der Waals surface area (Å²) in [5.41, 5.74) is 3.09. The monoisotopic (exact) mass is 360 g/mol. The Morgan fingerprint density at radius 1 is 1.04 bits per heavy atom. The summed E-state index contributed by atoms with van der Waals surface area (Å²) in [6.07, 6.45) is 1.63. The first kappa shape index (κ1) is 16.6. The Kier molecular flexibility index (Phi) is 4.21. The molecule has 0 unspecified atom stereocenters. The lowest BCUT2D eigenvalue weighted by atomic mass is 9.98. The van der Waals surface area contributed by atoms with E-state index < -0.39 is 0 Å². The van der Waals surface area contributed by atoms with Gasteiger partial charge in [-0.15, -0.1) is 15.3 Å². The Bertz CT molecular complexity index is 1110. The molecule has 27 heavy (non-hydrogen) atoms.